The zero-order valence-electron chi connectivity index (χ0n) is 12.9. The first-order chi connectivity index (χ1) is 10.8. The molecule has 0 amide bonds. The predicted octanol–water partition coefficient (Wildman–Crippen LogP) is 3.56. The largest absolute Gasteiger partial charge is 0.462 e. The van der Waals surface area contributed by atoms with Gasteiger partial charge in [-0.3, -0.25) is 0 Å². The lowest BCUT2D eigenvalue weighted by molar-refractivity contribution is -0.259. The minimum atomic E-state index is -0.965. The van der Waals surface area contributed by atoms with E-state index < -0.39 is 5.79 Å². The van der Waals surface area contributed by atoms with Crippen molar-refractivity contribution >= 4 is 10.8 Å². The molecule has 0 bridgehead atoms. The molecule has 0 aliphatic rings. The lowest BCUT2D eigenvalue weighted by atomic mass is 10.1. The molecule has 0 saturated heterocycles. The van der Waals surface area contributed by atoms with Crippen LogP contribution in [0.5, 0.6) is 0 Å². The Labute approximate surface area is 129 Å². The van der Waals surface area contributed by atoms with Gasteiger partial charge in [-0.05, 0) is 13.8 Å². The molecule has 116 valence electrons. The average molecular weight is 300 g/mol. The van der Waals surface area contributed by atoms with Gasteiger partial charge in [0.1, 0.15) is 0 Å². The minimum absolute atomic E-state index is 0.478. The van der Waals surface area contributed by atoms with Crippen LogP contribution in [-0.4, -0.2) is 22.8 Å². The molecular weight excluding hydrogens is 280 g/mol. The molecule has 0 aliphatic heterocycles. The van der Waals surface area contributed by atoms with Crippen LogP contribution < -0.4 is 0 Å². The molecule has 2 aromatic heterocycles. The van der Waals surface area contributed by atoms with Gasteiger partial charge in [0.15, 0.2) is 5.76 Å². The zero-order valence-corrected chi connectivity index (χ0v) is 12.9. The Morgan fingerprint density at radius 1 is 1.18 bits per heavy atom. The topological polar surface area (TPSA) is 49.4 Å². The first-order valence-corrected chi connectivity index (χ1v) is 7.49. The molecule has 0 unspecified atom stereocenters. The van der Waals surface area contributed by atoms with E-state index in [1.165, 1.54) is 0 Å². The van der Waals surface area contributed by atoms with E-state index in [9.17, 15) is 0 Å². The second-order valence-corrected chi connectivity index (χ2v) is 5.01. The Bertz CT molecular complexity index is 712. The van der Waals surface area contributed by atoms with Gasteiger partial charge < -0.3 is 18.5 Å². The highest BCUT2D eigenvalue weighted by molar-refractivity contribution is 5.84. The van der Waals surface area contributed by atoms with Crippen LogP contribution in [0.2, 0.25) is 0 Å². The second-order valence-electron chi connectivity index (χ2n) is 5.01. The first-order valence-electron chi connectivity index (χ1n) is 7.49. The number of nitrogens with zero attached hydrogens (tertiary/aromatic N) is 2. The number of ether oxygens (including phenoxy) is 2. The van der Waals surface area contributed by atoms with Crippen LogP contribution in [0.3, 0.4) is 0 Å². The Morgan fingerprint density at radius 3 is 2.64 bits per heavy atom. The maximum absolute atomic E-state index is 6.03. The summed E-state index contributed by atoms with van der Waals surface area (Å²) < 4.78 is 19.8. The van der Waals surface area contributed by atoms with Crippen molar-refractivity contribution in [1.82, 2.24) is 9.55 Å². The zero-order chi connectivity index (χ0) is 15.4. The van der Waals surface area contributed by atoms with Gasteiger partial charge >= 0.3 is 0 Å². The van der Waals surface area contributed by atoms with Gasteiger partial charge in [-0.2, -0.15) is 0 Å². The molecule has 3 rings (SSSR count). The number of hydrogen-bond acceptors (Lipinski definition) is 4. The summed E-state index contributed by atoms with van der Waals surface area (Å²) in [4.78, 5) is 4.09. The maximum atomic E-state index is 6.03. The molecule has 0 atom stereocenters. The number of benzene rings is 1. The van der Waals surface area contributed by atoms with Gasteiger partial charge in [-0.25, -0.2) is 4.98 Å². The van der Waals surface area contributed by atoms with Crippen molar-refractivity contribution in [2.24, 2.45) is 0 Å². The lowest BCUT2D eigenvalue weighted by Gasteiger charge is -2.31. The Morgan fingerprint density at radius 2 is 1.95 bits per heavy atom. The highest BCUT2D eigenvalue weighted by Gasteiger charge is 2.39. The quantitative estimate of drug-likeness (QED) is 0.626. The highest BCUT2D eigenvalue weighted by Crippen LogP contribution is 2.36. The van der Waals surface area contributed by atoms with Crippen LogP contribution in [0, 0.1) is 0 Å². The van der Waals surface area contributed by atoms with Crippen molar-refractivity contribution in [3.05, 3.63) is 55.0 Å². The third kappa shape index (κ3) is 2.65. The van der Waals surface area contributed by atoms with Gasteiger partial charge in [-0.15, -0.1) is 0 Å². The van der Waals surface area contributed by atoms with Gasteiger partial charge in [-0.1, -0.05) is 24.3 Å². The van der Waals surface area contributed by atoms with E-state index in [0.29, 0.717) is 25.5 Å². The highest BCUT2D eigenvalue weighted by atomic mass is 16.7. The van der Waals surface area contributed by atoms with Crippen LogP contribution in [0.15, 0.2) is 53.7 Å². The number of aromatic nitrogens is 2. The molecule has 2 heterocycles. The number of fused-ring (bicyclic) bond motifs is 1. The molecule has 0 radical (unpaired) electrons. The number of furan rings is 1. The number of rotatable bonds is 7. The predicted molar refractivity (Wildman–Crippen MR) is 83.4 cm³/mol. The fourth-order valence-electron chi connectivity index (χ4n) is 2.71. The van der Waals surface area contributed by atoms with Crippen LogP contribution in [0.1, 0.15) is 19.6 Å². The molecule has 5 nitrogen and oxygen atoms in total. The SMILES string of the molecule is CCOC(Cn1ccnc1)(OCC)c1occ2ccccc12. The van der Waals surface area contributed by atoms with Crippen LogP contribution in [0.25, 0.3) is 10.8 Å². The molecule has 0 spiro atoms. The minimum Gasteiger partial charge on any atom is -0.462 e. The van der Waals surface area contributed by atoms with E-state index in [-0.39, 0.29) is 0 Å². The summed E-state index contributed by atoms with van der Waals surface area (Å²) in [5, 5.41) is 2.04. The van der Waals surface area contributed by atoms with Crippen molar-refractivity contribution in [1.29, 1.82) is 0 Å². The normalized spacial score (nSPS) is 12.1. The summed E-state index contributed by atoms with van der Waals surface area (Å²) in [6.07, 6.45) is 7.12. The molecule has 0 saturated carbocycles. The van der Waals surface area contributed by atoms with E-state index >= 15 is 0 Å². The summed E-state index contributed by atoms with van der Waals surface area (Å²) in [5.41, 5.74) is 0. The molecule has 22 heavy (non-hydrogen) atoms. The van der Waals surface area contributed by atoms with Gasteiger partial charge in [0.25, 0.3) is 0 Å². The Kier molecular flexibility index (Phi) is 4.27. The monoisotopic (exact) mass is 300 g/mol. The Hall–Kier alpha value is -2.11. The average Bonchev–Trinajstić information content (AvgIpc) is 3.16. The van der Waals surface area contributed by atoms with Crippen molar-refractivity contribution in [3.63, 3.8) is 0 Å². The van der Waals surface area contributed by atoms with E-state index in [4.69, 9.17) is 13.9 Å². The summed E-state index contributed by atoms with van der Waals surface area (Å²) >= 11 is 0. The van der Waals surface area contributed by atoms with E-state index in [2.05, 4.69) is 4.98 Å². The smallest absolute Gasteiger partial charge is 0.247 e. The van der Waals surface area contributed by atoms with Gasteiger partial charge in [0.05, 0.1) is 19.1 Å². The molecule has 0 aliphatic carbocycles. The van der Waals surface area contributed by atoms with Crippen LogP contribution in [-0.2, 0) is 21.8 Å². The van der Waals surface area contributed by atoms with Crippen LogP contribution >= 0.6 is 0 Å². The summed E-state index contributed by atoms with van der Waals surface area (Å²) in [6.45, 7) is 5.42. The fourth-order valence-corrected chi connectivity index (χ4v) is 2.71. The second kappa shape index (κ2) is 6.34. The van der Waals surface area contributed by atoms with Gasteiger partial charge in [0.2, 0.25) is 5.79 Å². The van der Waals surface area contributed by atoms with Crippen LogP contribution in [0.4, 0.5) is 0 Å². The maximum Gasteiger partial charge on any atom is 0.247 e. The number of imidazole rings is 1. The summed E-state index contributed by atoms with van der Waals surface area (Å²) in [7, 11) is 0. The van der Waals surface area contributed by atoms with Crippen molar-refractivity contribution < 1.29 is 13.9 Å². The first kappa shape index (κ1) is 14.8. The third-order valence-electron chi connectivity index (χ3n) is 3.56. The summed E-state index contributed by atoms with van der Waals surface area (Å²) in [5.74, 6) is -0.270. The standard InChI is InChI=1S/C17H20N2O3/c1-3-21-17(22-4-2,12-19-10-9-18-13-19)16-15-8-6-5-7-14(15)11-20-16/h5-11,13H,3-4,12H2,1-2H3. The van der Waals surface area contributed by atoms with Crippen molar-refractivity contribution in [2.75, 3.05) is 13.2 Å². The molecule has 5 heteroatoms. The van der Waals surface area contributed by atoms with Crippen molar-refractivity contribution in [2.45, 2.75) is 26.2 Å². The molecule has 0 N–H and O–H groups in total. The molecule has 0 fully saturated rings. The molecular formula is C17H20N2O3. The van der Waals surface area contributed by atoms with E-state index in [0.717, 1.165) is 10.8 Å². The lowest BCUT2D eigenvalue weighted by Crippen LogP contribution is -2.37. The summed E-state index contributed by atoms with van der Waals surface area (Å²) in [6, 6.07) is 8.01. The fraction of sp³-hybridized carbons (Fsp3) is 0.353. The van der Waals surface area contributed by atoms with E-state index in [1.54, 1.807) is 18.8 Å². The van der Waals surface area contributed by atoms with Gasteiger partial charge in [0, 0.05) is 36.4 Å². The van der Waals surface area contributed by atoms with Crippen molar-refractivity contribution in [3.8, 4) is 0 Å². The molecule has 3 aromatic rings. The Balaban J connectivity index is 2.10. The molecule has 1 aromatic carbocycles. The third-order valence-corrected chi connectivity index (χ3v) is 3.56. The van der Waals surface area contributed by atoms with E-state index in [1.807, 2.05) is 48.9 Å². The number of hydrogen-bond donors (Lipinski definition) is 0.